The molecule has 0 radical (unpaired) electrons. The standard InChI is InChI=1S/C18H22ClN3O2/c1-4-24-17-15(19)9-13(10-16(17)23-3)11-21-18(20)22-14-7-5-6-12(2)8-14/h5-10H,4,11H2,1-3H3,(H3,20,21,22). The van der Waals surface area contributed by atoms with Gasteiger partial charge in [0.1, 0.15) is 0 Å². The van der Waals surface area contributed by atoms with Crippen LogP contribution in [-0.2, 0) is 6.54 Å². The van der Waals surface area contributed by atoms with E-state index in [-0.39, 0.29) is 0 Å². The molecule has 6 heteroatoms. The lowest BCUT2D eigenvalue weighted by molar-refractivity contribution is 0.311. The quantitative estimate of drug-likeness (QED) is 0.612. The highest BCUT2D eigenvalue weighted by atomic mass is 35.5. The first kappa shape index (κ1) is 17.9. The van der Waals surface area contributed by atoms with E-state index in [2.05, 4.69) is 10.3 Å². The molecule has 0 atom stereocenters. The molecule has 2 aromatic carbocycles. The van der Waals surface area contributed by atoms with Gasteiger partial charge in [-0.2, -0.15) is 0 Å². The number of anilines is 1. The minimum absolute atomic E-state index is 0.338. The number of nitrogens with one attached hydrogen (secondary N) is 1. The maximum Gasteiger partial charge on any atom is 0.193 e. The Hall–Kier alpha value is -2.40. The Bertz CT molecular complexity index is 732. The van der Waals surface area contributed by atoms with Crippen molar-refractivity contribution in [1.29, 1.82) is 0 Å². The van der Waals surface area contributed by atoms with Crippen molar-refractivity contribution in [3.8, 4) is 11.5 Å². The van der Waals surface area contributed by atoms with E-state index in [1.165, 1.54) is 0 Å². The number of nitrogens with two attached hydrogens (primary N) is 1. The van der Waals surface area contributed by atoms with Gasteiger partial charge in [0.2, 0.25) is 0 Å². The number of rotatable bonds is 6. The van der Waals surface area contributed by atoms with E-state index < -0.39 is 0 Å². The Morgan fingerprint density at radius 1 is 1.29 bits per heavy atom. The fourth-order valence-electron chi connectivity index (χ4n) is 2.24. The summed E-state index contributed by atoms with van der Waals surface area (Å²) in [5, 5.41) is 3.56. The molecule has 0 aromatic heterocycles. The normalized spacial score (nSPS) is 11.2. The number of guanidine groups is 1. The molecule has 0 saturated carbocycles. The number of aryl methyl sites for hydroxylation is 1. The second-order valence-corrected chi connectivity index (χ2v) is 5.65. The number of hydrogen-bond donors (Lipinski definition) is 2. The summed E-state index contributed by atoms with van der Waals surface area (Å²) in [6, 6.07) is 11.6. The summed E-state index contributed by atoms with van der Waals surface area (Å²) in [7, 11) is 1.58. The summed E-state index contributed by atoms with van der Waals surface area (Å²) >= 11 is 6.25. The minimum atomic E-state index is 0.338. The molecule has 2 rings (SSSR count). The third kappa shape index (κ3) is 4.80. The zero-order chi connectivity index (χ0) is 17.5. The molecule has 0 heterocycles. The number of ether oxygens (including phenoxy) is 2. The highest BCUT2D eigenvalue weighted by Crippen LogP contribution is 2.36. The number of benzene rings is 2. The highest BCUT2D eigenvalue weighted by Gasteiger charge is 2.11. The van der Waals surface area contributed by atoms with Gasteiger partial charge in [0.25, 0.3) is 0 Å². The monoisotopic (exact) mass is 347 g/mol. The fraction of sp³-hybridized carbons (Fsp3) is 0.278. The second kappa shape index (κ2) is 8.45. The first-order chi connectivity index (χ1) is 11.5. The smallest absolute Gasteiger partial charge is 0.193 e. The third-order valence-corrected chi connectivity index (χ3v) is 3.58. The molecule has 0 bridgehead atoms. The number of nitrogens with zero attached hydrogens (tertiary/aromatic N) is 1. The van der Waals surface area contributed by atoms with Gasteiger partial charge in [-0.15, -0.1) is 0 Å². The van der Waals surface area contributed by atoms with Crippen LogP contribution >= 0.6 is 11.6 Å². The summed E-state index contributed by atoms with van der Waals surface area (Å²) in [5.74, 6) is 1.46. The van der Waals surface area contributed by atoms with Crippen LogP contribution in [0.2, 0.25) is 5.02 Å². The molecule has 0 fully saturated rings. The molecular formula is C18H22ClN3O2. The van der Waals surface area contributed by atoms with Crippen molar-refractivity contribution < 1.29 is 9.47 Å². The van der Waals surface area contributed by atoms with Gasteiger partial charge in [-0.25, -0.2) is 4.99 Å². The van der Waals surface area contributed by atoms with Crippen molar-refractivity contribution in [2.75, 3.05) is 19.0 Å². The van der Waals surface area contributed by atoms with E-state index in [0.29, 0.717) is 35.6 Å². The van der Waals surface area contributed by atoms with Crippen molar-refractivity contribution in [3.63, 3.8) is 0 Å². The summed E-state index contributed by atoms with van der Waals surface area (Å²) in [5.41, 5.74) is 8.87. The zero-order valence-corrected chi connectivity index (χ0v) is 14.9. The predicted molar refractivity (Wildman–Crippen MR) is 99.3 cm³/mol. The number of methoxy groups -OCH3 is 1. The van der Waals surface area contributed by atoms with Crippen molar-refractivity contribution in [2.24, 2.45) is 10.7 Å². The van der Waals surface area contributed by atoms with Crippen LogP contribution in [0.1, 0.15) is 18.1 Å². The van der Waals surface area contributed by atoms with E-state index in [9.17, 15) is 0 Å². The Balaban J connectivity index is 2.11. The topological polar surface area (TPSA) is 68.9 Å². The molecule has 0 unspecified atom stereocenters. The molecule has 24 heavy (non-hydrogen) atoms. The van der Waals surface area contributed by atoms with Gasteiger partial charge >= 0.3 is 0 Å². The van der Waals surface area contributed by atoms with Gasteiger partial charge in [-0.05, 0) is 49.2 Å². The van der Waals surface area contributed by atoms with Gasteiger partial charge in [0.15, 0.2) is 17.5 Å². The van der Waals surface area contributed by atoms with Crippen molar-refractivity contribution in [3.05, 3.63) is 52.5 Å². The Kier molecular flexibility index (Phi) is 6.32. The van der Waals surface area contributed by atoms with Crippen LogP contribution in [-0.4, -0.2) is 19.7 Å². The first-order valence-electron chi connectivity index (χ1n) is 7.66. The van der Waals surface area contributed by atoms with Gasteiger partial charge in [0, 0.05) is 5.69 Å². The maximum absolute atomic E-state index is 6.25. The van der Waals surface area contributed by atoms with Crippen LogP contribution in [0.4, 0.5) is 5.69 Å². The number of aliphatic imine (C=N–C) groups is 1. The Morgan fingerprint density at radius 2 is 2.08 bits per heavy atom. The summed E-state index contributed by atoms with van der Waals surface area (Å²) in [6.45, 7) is 4.81. The third-order valence-electron chi connectivity index (χ3n) is 3.30. The predicted octanol–water partition coefficient (Wildman–Crippen LogP) is 3.98. The molecule has 0 saturated heterocycles. The lowest BCUT2D eigenvalue weighted by Crippen LogP contribution is -2.22. The molecule has 0 aliphatic rings. The maximum atomic E-state index is 6.25. The molecule has 0 spiro atoms. The minimum Gasteiger partial charge on any atom is -0.493 e. The average Bonchev–Trinajstić information content (AvgIpc) is 2.55. The molecule has 0 amide bonds. The van der Waals surface area contributed by atoms with Crippen LogP contribution in [0, 0.1) is 6.92 Å². The van der Waals surface area contributed by atoms with E-state index in [4.69, 9.17) is 26.8 Å². The summed E-state index contributed by atoms with van der Waals surface area (Å²) < 4.78 is 10.8. The summed E-state index contributed by atoms with van der Waals surface area (Å²) in [4.78, 5) is 4.34. The van der Waals surface area contributed by atoms with Crippen LogP contribution in [0.15, 0.2) is 41.4 Å². The molecule has 2 aromatic rings. The van der Waals surface area contributed by atoms with Gasteiger partial charge in [-0.3, -0.25) is 0 Å². The van der Waals surface area contributed by atoms with Crippen molar-refractivity contribution >= 4 is 23.2 Å². The van der Waals surface area contributed by atoms with E-state index >= 15 is 0 Å². The Morgan fingerprint density at radius 3 is 2.75 bits per heavy atom. The van der Waals surface area contributed by atoms with Gasteiger partial charge < -0.3 is 20.5 Å². The number of hydrogen-bond acceptors (Lipinski definition) is 3. The number of halogens is 1. The first-order valence-corrected chi connectivity index (χ1v) is 8.04. The highest BCUT2D eigenvalue weighted by molar-refractivity contribution is 6.32. The second-order valence-electron chi connectivity index (χ2n) is 5.24. The molecular weight excluding hydrogens is 326 g/mol. The van der Waals surface area contributed by atoms with E-state index in [1.54, 1.807) is 13.2 Å². The van der Waals surface area contributed by atoms with Gasteiger partial charge in [-0.1, -0.05) is 23.7 Å². The fourth-order valence-corrected chi connectivity index (χ4v) is 2.52. The lowest BCUT2D eigenvalue weighted by Gasteiger charge is -2.12. The zero-order valence-electron chi connectivity index (χ0n) is 14.1. The SMILES string of the molecule is CCOc1c(Cl)cc(CN=C(N)Nc2cccc(C)c2)cc1OC. The molecule has 128 valence electrons. The van der Waals surface area contributed by atoms with Crippen LogP contribution in [0.5, 0.6) is 11.5 Å². The van der Waals surface area contributed by atoms with Crippen LogP contribution < -0.4 is 20.5 Å². The van der Waals surface area contributed by atoms with Crippen LogP contribution in [0.3, 0.4) is 0 Å². The van der Waals surface area contributed by atoms with Crippen molar-refractivity contribution in [1.82, 2.24) is 0 Å². The average molecular weight is 348 g/mol. The Labute approximate surface area is 147 Å². The van der Waals surface area contributed by atoms with E-state index in [1.807, 2.05) is 44.2 Å². The van der Waals surface area contributed by atoms with Crippen LogP contribution in [0.25, 0.3) is 0 Å². The molecule has 0 aliphatic carbocycles. The summed E-state index contributed by atoms with van der Waals surface area (Å²) in [6.07, 6.45) is 0. The largest absolute Gasteiger partial charge is 0.493 e. The molecule has 5 nitrogen and oxygen atoms in total. The molecule has 0 aliphatic heterocycles. The van der Waals surface area contributed by atoms with E-state index in [0.717, 1.165) is 16.8 Å². The van der Waals surface area contributed by atoms with Crippen molar-refractivity contribution in [2.45, 2.75) is 20.4 Å². The lowest BCUT2D eigenvalue weighted by atomic mass is 10.2. The molecule has 3 N–H and O–H groups in total. The van der Waals surface area contributed by atoms with Gasteiger partial charge in [0.05, 0.1) is 25.3 Å².